The van der Waals surface area contributed by atoms with E-state index >= 15 is 0 Å². The Morgan fingerprint density at radius 2 is 1.96 bits per heavy atom. The highest BCUT2D eigenvalue weighted by molar-refractivity contribution is 7.97. The van der Waals surface area contributed by atoms with E-state index in [9.17, 15) is 9.18 Å². The molecule has 1 unspecified atom stereocenters. The maximum absolute atomic E-state index is 13.1. The van der Waals surface area contributed by atoms with E-state index in [1.807, 2.05) is 29.4 Å². The largest absolute Gasteiger partial charge is 0.455 e. The summed E-state index contributed by atoms with van der Waals surface area (Å²) in [6, 6.07) is 10.5. The smallest absolute Gasteiger partial charge is 0.289 e. The van der Waals surface area contributed by atoms with E-state index in [-0.39, 0.29) is 17.1 Å². The number of thioether (sulfide) groups is 1. The Hall–Kier alpha value is -1.79. The molecule has 1 atom stereocenters. The third-order valence-corrected chi connectivity index (χ3v) is 6.52. The molecule has 1 amide bonds. The number of carbonyl (C=O) groups excluding carboxylic acids is 1. The molecule has 1 aromatic heterocycles. The highest BCUT2D eigenvalue weighted by Crippen LogP contribution is 2.40. The minimum Gasteiger partial charge on any atom is -0.455 e. The number of piperidine rings is 1. The van der Waals surface area contributed by atoms with Gasteiger partial charge < -0.3 is 9.32 Å². The van der Waals surface area contributed by atoms with Gasteiger partial charge in [0.25, 0.3) is 5.91 Å². The van der Waals surface area contributed by atoms with Gasteiger partial charge in [0.15, 0.2) is 5.76 Å². The van der Waals surface area contributed by atoms with Gasteiger partial charge in [0, 0.05) is 31.6 Å². The average Bonchev–Trinajstić information content (AvgIpc) is 3.31. The van der Waals surface area contributed by atoms with E-state index in [1.54, 1.807) is 17.8 Å². The van der Waals surface area contributed by atoms with Crippen molar-refractivity contribution >= 4 is 17.7 Å². The molecular weight excluding hydrogens is 375 g/mol. The van der Waals surface area contributed by atoms with Crippen LogP contribution in [0.5, 0.6) is 0 Å². The number of carbonyl (C=O) groups is 1. The Balaban J connectivity index is 1.38. The second-order valence-corrected chi connectivity index (χ2v) is 8.98. The molecule has 0 radical (unpaired) electrons. The molecule has 4 rings (SSSR count). The van der Waals surface area contributed by atoms with Gasteiger partial charge in [-0.05, 0) is 61.9 Å². The van der Waals surface area contributed by atoms with Crippen LogP contribution in [0.1, 0.15) is 41.1 Å². The molecule has 2 aliphatic heterocycles. The first-order chi connectivity index (χ1) is 13.6. The Kier molecular flexibility index (Phi) is 5.78. The maximum atomic E-state index is 13.1. The van der Waals surface area contributed by atoms with E-state index in [0.29, 0.717) is 5.76 Å². The summed E-state index contributed by atoms with van der Waals surface area (Å²) >= 11 is 1.69. The lowest BCUT2D eigenvalue weighted by molar-refractivity contribution is 0.0650. The molecule has 2 saturated heterocycles. The Labute approximate surface area is 170 Å². The van der Waals surface area contributed by atoms with E-state index < -0.39 is 0 Å². The third kappa shape index (κ3) is 4.28. The Bertz CT molecular complexity index is 822. The van der Waals surface area contributed by atoms with Crippen LogP contribution in [-0.4, -0.2) is 48.1 Å². The minimum atomic E-state index is -0.192. The fourth-order valence-electron chi connectivity index (χ4n) is 4.60. The van der Waals surface area contributed by atoms with Gasteiger partial charge in [-0.1, -0.05) is 12.1 Å². The molecule has 6 heteroatoms. The normalized spacial score (nSPS) is 22.9. The lowest BCUT2D eigenvalue weighted by Crippen LogP contribution is -2.45. The van der Waals surface area contributed by atoms with Crippen molar-refractivity contribution in [3.05, 3.63) is 59.3 Å². The molecule has 0 N–H and O–H groups in total. The number of halogens is 1. The molecule has 2 fully saturated rings. The first kappa shape index (κ1) is 19.5. The van der Waals surface area contributed by atoms with Crippen LogP contribution in [0.4, 0.5) is 4.39 Å². The minimum absolute atomic E-state index is 0.0138. The van der Waals surface area contributed by atoms with Crippen LogP contribution in [0, 0.1) is 11.2 Å². The summed E-state index contributed by atoms with van der Waals surface area (Å²) in [6.45, 7) is 4.48. The zero-order valence-corrected chi connectivity index (χ0v) is 17.1. The van der Waals surface area contributed by atoms with Crippen LogP contribution < -0.4 is 0 Å². The molecule has 3 heterocycles. The van der Waals surface area contributed by atoms with Crippen molar-refractivity contribution in [2.45, 2.75) is 31.6 Å². The standard InChI is InChI=1S/C22H27FN2O2S/c1-28-14-19-7-8-20(27-19)21(26)25-12-10-22(16-25)9-2-11-24(15-22)13-17-3-5-18(23)6-4-17/h3-8H,2,9-16H2,1H3. The Morgan fingerprint density at radius 1 is 1.14 bits per heavy atom. The van der Waals surface area contributed by atoms with Gasteiger partial charge in [-0.2, -0.15) is 11.8 Å². The lowest BCUT2D eigenvalue weighted by Gasteiger charge is -2.40. The van der Waals surface area contributed by atoms with Gasteiger partial charge in [-0.3, -0.25) is 9.69 Å². The number of rotatable bonds is 5. The lowest BCUT2D eigenvalue weighted by atomic mass is 9.79. The monoisotopic (exact) mass is 402 g/mol. The van der Waals surface area contributed by atoms with E-state index in [0.717, 1.165) is 69.1 Å². The second kappa shape index (κ2) is 8.29. The first-order valence-electron chi connectivity index (χ1n) is 9.91. The van der Waals surface area contributed by atoms with Crippen molar-refractivity contribution in [1.82, 2.24) is 9.80 Å². The third-order valence-electron chi connectivity index (χ3n) is 5.94. The van der Waals surface area contributed by atoms with Gasteiger partial charge in [0.05, 0.1) is 5.75 Å². The van der Waals surface area contributed by atoms with Crippen molar-refractivity contribution in [2.24, 2.45) is 5.41 Å². The topological polar surface area (TPSA) is 36.7 Å². The molecular formula is C22H27FN2O2S. The van der Waals surface area contributed by atoms with E-state index in [1.165, 1.54) is 12.1 Å². The summed E-state index contributed by atoms with van der Waals surface area (Å²) in [5.41, 5.74) is 1.31. The average molecular weight is 403 g/mol. The molecule has 0 saturated carbocycles. The van der Waals surface area contributed by atoms with Gasteiger partial charge in [-0.15, -0.1) is 0 Å². The molecule has 0 aliphatic carbocycles. The fourth-order valence-corrected chi connectivity index (χ4v) is 5.04. The summed E-state index contributed by atoms with van der Waals surface area (Å²) in [5, 5.41) is 0. The predicted molar refractivity (Wildman–Crippen MR) is 110 cm³/mol. The maximum Gasteiger partial charge on any atom is 0.289 e. The molecule has 1 spiro atoms. The highest BCUT2D eigenvalue weighted by Gasteiger charge is 2.43. The van der Waals surface area contributed by atoms with Crippen molar-refractivity contribution in [1.29, 1.82) is 0 Å². The fraction of sp³-hybridized carbons (Fsp3) is 0.500. The SMILES string of the molecule is CSCc1ccc(C(=O)N2CCC3(CCCN(Cc4ccc(F)cc4)C3)C2)o1. The molecule has 28 heavy (non-hydrogen) atoms. The molecule has 0 bridgehead atoms. The van der Waals surface area contributed by atoms with Crippen molar-refractivity contribution in [3.63, 3.8) is 0 Å². The summed E-state index contributed by atoms with van der Waals surface area (Å²) in [5.74, 6) is 1.92. The molecule has 150 valence electrons. The number of likely N-dealkylation sites (tertiary alicyclic amines) is 2. The number of benzene rings is 1. The van der Waals surface area contributed by atoms with Crippen LogP contribution >= 0.6 is 11.8 Å². The number of amides is 1. The van der Waals surface area contributed by atoms with Crippen LogP contribution in [0.3, 0.4) is 0 Å². The van der Waals surface area contributed by atoms with Crippen LogP contribution in [-0.2, 0) is 12.3 Å². The first-order valence-corrected chi connectivity index (χ1v) is 11.3. The zero-order valence-electron chi connectivity index (χ0n) is 16.3. The van der Waals surface area contributed by atoms with Gasteiger partial charge in [0.1, 0.15) is 11.6 Å². The summed E-state index contributed by atoms with van der Waals surface area (Å²) < 4.78 is 18.9. The summed E-state index contributed by atoms with van der Waals surface area (Å²) in [6.07, 6.45) is 5.36. The van der Waals surface area contributed by atoms with Crippen LogP contribution in [0.15, 0.2) is 40.8 Å². The zero-order chi connectivity index (χ0) is 19.6. The van der Waals surface area contributed by atoms with E-state index in [4.69, 9.17) is 4.42 Å². The van der Waals surface area contributed by atoms with Gasteiger partial charge in [0.2, 0.25) is 0 Å². The summed E-state index contributed by atoms with van der Waals surface area (Å²) in [7, 11) is 0. The van der Waals surface area contributed by atoms with Crippen molar-refractivity contribution < 1.29 is 13.6 Å². The second-order valence-electron chi connectivity index (χ2n) is 8.12. The van der Waals surface area contributed by atoms with Gasteiger partial charge in [-0.25, -0.2) is 4.39 Å². The van der Waals surface area contributed by atoms with Crippen molar-refractivity contribution in [2.75, 3.05) is 32.4 Å². The summed E-state index contributed by atoms with van der Waals surface area (Å²) in [4.78, 5) is 17.3. The molecule has 4 nitrogen and oxygen atoms in total. The number of furan rings is 1. The predicted octanol–water partition coefficient (Wildman–Crippen LogP) is 4.41. The van der Waals surface area contributed by atoms with Crippen LogP contribution in [0.25, 0.3) is 0 Å². The number of nitrogens with zero attached hydrogens (tertiary/aromatic N) is 2. The number of hydrogen-bond acceptors (Lipinski definition) is 4. The molecule has 1 aromatic carbocycles. The highest BCUT2D eigenvalue weighted by atomic mass is 32.2. The number of hydrogen-bond donors (Lipinski definition) is 0. The van der Waals surface area contributed by atoms with Crippen molar-refractivity contribution in [3.8, 4) is 0 Å². The van der Waals surface area contributed by atoms with Gasteiger partial charge >= 0.3 is 0 Å². The quantitative estimate of drug-likeness (QED) is 0.742. The Morgan fingerprint density at radius 3 is 2.75 bits per heavy atom. The molecule has 2 aromatic rings. The van der Waals surface area contributed by atoms with E-state index in [2.05, 4.69) is 4.90 Å². The molecule has 2 aliphatic rings. The van der Waals surface area contributed by atoms with Crippen LogP contribution in [0.2, 0.25) is 0 Å².